The van der Waals surface area contributed by atoms with E-state index in [0.717, 1.165) is 11.3 Å². The van der Waals surface area contributed by atoms with Crippen LogP contribution in [0.1, 0.15) is 43.6 Å². The predicted molar refractivity (Wildman–Crippen MR) is 79.9 cm³/mol. The Morgan fingerprint density at radius 3 is 2.42 bits per heavy atom. The third kappa shape index (κ3) is 2.72. The van der Waals surface area contributed by atoms with Crippen LogP contribution in [0, 0.1) is 0 Å². The zero-order valence-corrected chi connectivity index (χ0v) is 13.3. The fraction of sp³-hybridized carbons (Fsp3) is 0.429. The Hall–Kier alpha value is -1.20. The number of benzene rings is 1. The molecule has 2 N–H and O–H groups in total. The third-order valence-corrected chi connectivity index (χ3v) is 3.79. The molecule has 19 heavy (non-hydrogen) atoms. The van der Waals surface area contributed by atoms with Crippen molar-refractivity contribution in [2.45, 2.75) is 32.2 Å². The molecule has 1 atom stereocenters. The fourth-order valence-corrected chi connectivity index (χ4v) is 2.84. The molecule has 2 aromatic rings. The van der Waals surface area contributed by atoms with Crippen molar-refractivity contribution in [1.29, 1.82) is 0 Å². The standard InChI is InChI=1S/C14H19BrN4/c1-14(2,3)10-8-6-5-7-9(10)11(16)12-13(15)17-18-19(12)4/h5-8,11H,16H2,1-4H3. The van der Waals surface area contributed by atoms with E-state index in [1.807, 2.05) is 19.2 Å². The van der Waals surface area contributed by atoms with E-state index in [1.54, 1.807) is 4.68 Å². The second-order valence-corrected chi connectivity index (χ2v) is 6.46. The van der Waals surface area contributed by atoms with E-state index in [1.165, 1.54) is 5.56 Å². The highest BCUT2D eigenvalue weighted by molar-refractivity contribution is 9.10. The summed E-state index contributed by atoms with van der Waals surface area (Å²) in [6.07, 6.45) is 0. The first-order valence-electron chi connectivity index (χ1n) is 6.22. The molecule has 0 amide bonds. The SMILES string of the molecule is Cn1nnc(Br)c1C(N)c1ccccc1C(C)(C)C. The van der Waals surface area contributed by atoms with Crippen LogP contribution in [0.25, 0.3) is 0 Å². The Labute approximate surface area is 122 Å². The summed E-state index contributed by atoms with van der Waals surface area (Å²) in [5, 5.41) is 8.00. The molecular weight excluding hydrogens is 304 g/mol. The lowest BCUT2D eigenvalue weighted by atomic mass is 9.81. The molecule has 0 bridgehead atoms. The highest BCUT2D eigenvalue weighted by Crippen LogP contribution is 2.32. The molecule has 0 saturated heterocycles. The van der Waals surface area contributed by atoms with Gasteiger partial charge in [0.2, 0.25) is 0 Å². The van der Waals surface area contributed by atoms with Crippen LogP contribution < -0.4 is 5.73 Å². The van der Waals surface area contributed by atoms with Gasteiger partial charge in [-0.25, -0.2) is 4.68 Å². The van der Waals surface area contributed by atoms with Gasteiger partial charge in [0.25, 0.3) is 0 Å². The van der Waals surface area contributed by atoms with E-state index in [0.29, 0.717) is 4.60 Å². The molecular formula is C14H19BrN4. The summed E-state index contributed by atoms with van der Waals surface area (Å²) in [6.45, 7) is 6.57. The minimum Gasteiger partial charge on any atom is -0.319 e. The highest BCUT2D eigenvalue weighted by Gasteiger charge is 2.25. The van der Waals surface area contributed by atoms with Gasteiger partial charge >= 0.3 is 0 Å². The lowest BCUT2D eigenvalue weighted by Gasteiger charge is -2.25. The topological polar surface area (TPSA) is 56.7 Å². The average Bonchev–Trinajstić information content (AvgIpc) is 2.67. The average molecular weight is 323 g/mol. The van der Waals surface area contributed by atoms with Crippen molar-refractivity contribution in [3.63, 3.8) is 0 Å². The minimum atomic E-state index is -0.246. The van der Waals surface area contributed by atoms with Gasteiger partial charge in [-0.3, -0.25) is 0 Å². The molecule has 0 aliphatic carbocycles. The lowest BCUT2D eigenvalue weighted by molar-refractivity contribution is 0.571. The normalized spacial score (nSPS) is 13.6. The van der Waals surface area contributed by atoms with Gasteiger partial charge in [0, 0.05) is 7.05 Å². The Bertz CT molecular complexity index is 564. The van der Waals surface area contributed by atoms with Gasteiger partial charge in [-0.1, -0.05) is 50.3 Å². The van der Waals surface area contributed by atoms with Crippen molar-refractivity contribution >= 4 is 15.9 Å². The molecule has 0 fully saturated rings. The van der Waals surface area contributed by atoms with E-state index in [-0.39, 0.29) is 11.5 Å². The zero-order valence-electron chi connectivity index (χ0n) is 11.7. The van der Waals surface area contributed by atoms with E-state index < -0.39 is 0 Å². The number of nitrogens with two attached hydrogens (primary N) is 1. The summed E-state index contributed by atoms with van der Waals surface area (Å²) in [5.74, 6) is 0. The minimum absolute atomic E-state index is 0.0483. The van der Waals surface area contributed by atoms with Crippen LogP contribution in [0.3, 0.4) is 0 Å². The summed E-state index contributed by atoms with van der Waals surface area (Å²) in [5.41, 5.74) is 9.72. The van der Waals surface area contributed by atoms with E-state index in [4.69, 9.17) is 5.73 Å². The van der Waals surface area contributed by atoms with Gasteiger partial charge in [0.15, 0.2) is 4.60 Å². The molecule has 2 rings (SSSR count). The summed E-state index contributed by atoms with van der Waals surface area (Å²) < 4.78 is 2.42. The number of halogens is 1. The first-order valence-corrected chi connectivity index (χ1v) is 7.01. The third-order valence-electron chi connectivity index (χ3n) is 3.23. The second-order valence-electron chi connectivity index (χ2n) is 5.70. The number of nitrogens with zero attached hydrogens (tertiary/aromatic N) is 3. The maximum absolute atomic E-state index is 6.43. The van der Waals surface area contributed by atoms with Crippen LogP contribution in [-0.4, -0.2) is 15.0 Å². The van der Waals surface area contributed by atoms with Gasteiger partial charge in [-0.15, -0.1) is 5.10 Å². The van der Waals surface area contributed by atoms with Crippen LogP contribution in [0.4, 0.5) is 0 Å². The second kappa shape index (κ2) is 5.06. The predicted octanol–water partition coefficient (Wildman–Crippen LogP) is 2.92. The molecule has 102 valence electrons. The van der Waals surface area contributed by atoms with Crippen LogP contribution in [0.15, 0.2) is 28.9 Å². The monoisotopic (exact) mass is 322 g/mol. The Balaban J connectivity index is 2.54. The largest absolute Gasteiger partial charge is 0.319 e. The van der Waals surface area contributed by atoms with Gasteiger partial charge < -0.3 is 5.73 Å². The molecule has 0 radical (unpaired) electrons. The molecule has 1 aromatic heterocycles. The van der Waals surface area contributed by atoms with Crippen molar-refractivity contribution in [2.75, 3.05) is 0 Å². The summed E-state index contributed by atoms with van der Waals surface area (Å²) >= 11 is 3.42. The maximum Gasteiger partial charge on any atom is 0.153 e. The first kappa shape index (κ1) is 14.2. The number of hydrogen-bond donors (Lipinski definition) is 1. The zero-order chi connectivity index (χ0) is 14.2. The van der Waals surface area contributed by atoms with E-state index in [9.17, 15) is 0 Å². The molecule has 1 aromatic carbocycles. The number of rotatable bonds is 2. The molecule has 4 nitrogen and oxygen atoms in total. The molecule has 5 heteroatoms. The summed E-state index contributed by atoms with van der Waals surface area (Å²) in [6, 6.07) is 8.03. The molecule has 0 aliphatic heterocycles. The molecule has 1 heterocycles. The van der Waals surface area contributed by atoms with Crippen LogP contribution in [0.2, 0.25) is 0 Å². The van der Waals surface area contributed by atoms with E-state index in [2.05, 4.69) is 59.1 Å². The summed E-state index contributed by atoms with van der Waals surface area (Å²) in [7, 11) is 1.85. The molecule has 0 aliphatic rings. The Morgan fingerprint density at radius 1 is 1.26 bits per heavy atom. The number of hydrogen-bond acceptors (Lipinski definition) is 3. The summed E-state index contributed by atoms with van der Waals surface area (Å²) in [4.78, 5) is 0. The Morgan fingerprint density at radius 2 is 1.89 bits per heavy atom. The van der Waals surface area contributed by atoms with Crippen molar-refractivity contribution in [2.24, 2.45) is 12.8 Å². The first-order chi connectivity index (χ1) is 8.82. The van der Waals surface area contributed by atoms with Crippen LogP contribution in [-0.2, 0) is 12.5 Å². The number of aryl methyl sites for hydroxylation is 1. The highest BCUT2D eigenvalue weighted by atomic mass is 79.9. The van der Waals surface area contributed by atoms with Crippen molar-refractivity contribution in [1.82, 2.24) is 15.0 Å². The maximum atomic E-state index is 6.43. The van der Waals surface area contributed by atoms with Crippen molar-refractivity contribution in [3.05, 3.63) is 45.7 Å². The van der Waals surface area contributed by atoms with Crippen molar-refractivity contribution in [3.8, 4) is 0 Å². The van der Waals surface area contributed by atoms with Crippen LogP contribution >= 0.6 is 15.9 Å². The van der Waals surface area contributed by atoms with Crippen molar-refractivity contribution < 1.29 is 0 Å². The number of aromatic nitrogens is 3. The molecule has 1 unspecified atom stereocenters. The molecule has 0 spiro atoms. The smallest absolute Gasteiger partial charge is 0.153 e. The van der Waals surface area contributed by atoms with Gasteiger partial charge in [0.1, 0.15) is 0 Å². The molecule has 0 saturated carbocycles. The van der Waals surface area contributed by atoms with Crippen LogP contribution in [0.5, 0.6) is 0 Å². The lowest BCUT2D eigenvalue weighted by Crippen LogP contribution is -2.22. The van der Waals surface area contributed by atoms with E-state index >= 15 is 0 Å². The van der Waals surface area contributed by atoms with Gasteiger partial charge in [0.05, 0.1) is 11.7 Å². The van der Waals surface area contributed by atoms with Gasteiger partial charge in [-0.05, 0) is 32.5 Å². The quantitative estimate of drug-likeness (QED) is 0.924. The Kier molecular flexibility index (Phi) is 3.78. The fourth-order valence-electron chi connectivity index (χ4n) is 2.27. The van der Waals surface area contributed by atoms with Gasteiger partial charge in [-0.2, -0.15) is 0 Å².